The standard InChI is InChI=1S/C44H28N6O/c1-3-12-28(13-4-1)42-48-43(29-14-5-2-6-15-29)50-44(49-42)34-20-19-33(31-17-9-10-18-32(31)34)37-25-39-35(26-46-37)41-38(51-39)22-21-36(47-41)40-30-16-8-7-11-27(30)23-24-45-40/h1-26,42H,(H,48,49,50). The van der Waals surface area contributed by atoms with Gasteiger partial charge in [-0.3, -0.25) is 9.97 Å². The third-order valence-corrected chi connectivity index (χ3v) is 9.46. The fraction of sp³-hybridized carbons (Fsp3) is 0.0227. The molecule has 1 atom stereocenters. The van der Waals surface area contributed by atoms with E-state index in [9.17, 15) is 0 Å². The highest BCUT2D eigenvalue weighted by Crippen LogP contribution is 2.36. The first-order valence-electron chi connectivity index (χ1n) is 16.9. The van der Waals surface area contributed by atoms with Crippen molar-refractivity contribution in [2.45, 2.75) is 6.17 Å². The summed E-state index contributed by atoms with van der Waals surface area (Å²) in [5, 5.41) is 8.68. The lowest BCUT2D eigenvalue weighted by Crippen LogP contribution is -2.33. The van der Waals surface area contributed by atoms with Crippen molar-refractivity contribution in [2.75, 3.05) is 0 Å². The molecule has 0 radical (unpaired) electrons. The molecule has 7 heteroatoms. The average molecular weight is 657 g/mol. The van der Waals surface area contributed by atoms with Crippen molar-refractivity contribution in [3.63, 3.8) is 0 Å². The van der Waals surface area contributed by atoms with E-state index in [1.807, 2.05) is 85.2 Å². The Morgan fingerprint density at radius 1 is 0.569 bits per heavy atom. The maximum atomic E-state index is 6.36. The van der Waals surface area contributed by atoms with Crippen LogP contribution in [0.15, 0.2) is 172 Å². The molecule has 0 amide bonds. The number of hydrogen-bond acceptors (Lipinski definition) is 7. The third kappa shape index (κ3) is 5.02. The van der Waals surface area contributed by atoms with E-state index >= 15 is 0 Å². The van der Waals surface area contributed by atoms with Gasteiger partial charge in [-0.2, -0.15) is 0 Å². The number of hydrogen-bond donors (Lipinski definition) is 1. The summed E-state index contributed by atoms with van der Waals surface area (Å²) in [5.41, 5.74) is 8.66. The Kier molecular flexibility index (Phi) is 6.74. The van der Waals surface area contributed by atoms with Gasteiger partial charge in [0.05, 0.1) is 22.5 Å². The second-order valence-electron chi connectivity index (χ2n) is 12.5. The maximum Gasteiger partial charge on any atom is 0.160 e. The van der Waals surface area contributed by atoms with E-state index in [4.69, 9.17) is 24.4 Å². The fourth-order valence-corrected chi connectivity index (χ4v) is 6.98. The van der Waals surface area contributed by atoms with Crippen LogP contribution in [0, 0.1) is 0 Å². The van der Waals surface area contributed by atoms with Crippen molar-refractivity contribution in [1.29, 1.82) is 0 Å². The van der Waals surface area contributed by atoms with Gasteiger partial charge in [-0.1, -0.05) is 115 Å². The molecule has 0 bridgehead atoms. The van der Waals surface area contributed by atoms with Gasteiger partial charge in [0.25, 0.3) is 0 Å². The maximum absolute atomic E-state index is 6.36. The molecule has 0 saturated heterocycles. The molecule has 1 aliphatic heterocycles. The minimum Gasteiger partial charge on any atom is -0.454 e. The summed E-state index contributed by atoms with van der Waals surface area (Å²) in [6, 6.07) is 49.2. The molecule has 5 heterocycles. The highest BCUT2D eigenvalue weighted by molar-refractivity contribution is 6.19. The molecular formula is C44H28N6O. The van der Waals surface area contributed by atoms with Crippen LogP contribution in [0.1, 0.15) is 22.9 Å². The first-order chi connectivity index (χ1) is 25.3. The zero-order valence-electron chi connectivity index (χ0n) is 27.2. The molecule has 0 fully saturated rings. The van der Waals surface area contributed by atoms with Gasteiger partial charge >= 0.3 is 0 Å². The van der Waals surface area contributed by atoms with E-state index in [2.05, 4.69) is 83.1 Å². The summed E-state index contributed by atoms with van der Waals surface area (Å²) in [5.74, 6) is 1.46. The Balaban J connectivity index is 1.08. The van der Waals surface area contributed by atoms with E-state index < -0.39 is 0 Å². The highest BCUT2D eigenvalue weighted by Gasteiger charge is 2.23. The predicted molar refractivity (Wildman–Crippen MR) is 205 cm³/mol. The Morgan fingerprint density at radius 2 is 1.29 bits per heavy atom. The van der Waals surface area contributed by atoms with Crippen molar-refractivity contribution in [2.24, 2.45) is 9.98 Å². The number of nitrogens with zero attached hydrogens (tertiary/aromatic N) is 5. The summed E-state index contributed by atoms with van der Waals surface area (Å²) in [6.07, 6.45) is 3.41. The van der Waals surface area contributed by atoms with Crippen LogP contribution in [0.4, 0.5) is 0 Å². The second-order valence-corrected chi connectivity index (χ2v) is 12.5. The summed E-state index contributed by atoms with van der Waals surface area (Å²) in [4.78, 5) is 24.9. The number of aromatic nitrogens is 3. The molecule has 10 rings (SSSR count). The normalized spacial score (nSPS) is 14.5. The number of nitrogens with one attached hydrogen (secondary N) is 1. The molecule has 5 aromatic carbocycles. The van der Waals surface area contributed by atoms with Crippen LogP contribution in [-0.2, 0) is 0 Å². The number of amidine groups is 2. The van der Waals surface area contributed by atoms with Gasteiger partial charge < -0.3 is 9.73 Å². The van der Waals surface area contributed by atoms with E-state index in [1.54, 1.807) is 0 Å². The first-order valence-corrected chi connectivity index (χ1v) is 16.9. The number of rotatable bonds is 5. The topological polar surface area (TPSA) is 88.6 Å². The quantitative estimate of drug-likeness (QED) is 0.199. The highest BCUT2D eigenvalue weighted by atomic mass is 16.3. The summed E-state index contributed by atoms with van der Waals surface area (Å²) in [6.45, 7) is 0. The summed E-state index contributed by atoms with van der Waals surface area (Å²) < 4.78 is 6.36. The largest absolute Gasteiger partial charge is 0.454 e. The van der Waals surface area contributed by atoms with Crippen LogP contribution in [0.3, 0.4) is 0 Å². The lowest BCUT2D eigenvalue weighted by atomic mass is 9.96. The van der Waals surface area contributed by atoms with E-state index in [-0.39, 0.29) is 6.17 Å². The Hall–Kier alpha value is -6.99. The zero-order chi connectivity index (χ0) is 33.7. The van der Waals surface area contributed by atoms with Crippen molar-refractivity contribution in [3.05, 3.63) is 175 Å². The summed E-state index contributed by atoms with van der Waals surface area (Å²) >= 11 is 0. The van der Waals surface area contributed by atoms with E-state index in [1.165, 1.54) is 0 Å². The van der Waals surface area contributed by atoms with Crippen LogP contribution in [0.5, 0.6) is 0 Å². The molecule has 9 aromatic rings. The molecule has 0 saturated carbocycles. The Bertz CT molecular complexity index is 2840. The minimum atomic E-state index is -0.282. The van der Waals surface area contributed by atoms with Crippen molar-refractivity contribution < 1.29 is 4.42 Å². The molecule has 1 aliphatic rings. The number of aliphatic imine (C=N–C) groups is 2. The van der Waals surface area contributed by atoms with Crippen molar-refractivity contribution in [3.8, 4) is 22.6 Å². The molecule has 0 spiro atoms. The number of pyridine rings is 3. The van der Waals surface area contributed by atoms with Gasteiger partial charge in [0, 0.05) is 40.5 Å². The Morgan fingerprint density at radius 3 is 2.14 bits per heavy atom. The first kappa shape index (κ1) is 29.0. The van der Waals surface area contributed by atoms with Crippen LogP contribution >= 0.6 is 0 Å². The van der Waals surface area contributed by atoms with Crippen molar-refractivity contribution >= 4 is 55.3 Å². The summed E-state index contributed by atoms with van der Waals surface area (Å²) in [7, 11) is 0. The molecule has 4 aromatic heterocycles. The smallest absolute Gasteiger partial charge is 0.160 e. The van der Waals surface area contributed by atoms with Gasteiger partial charge in [0.2, 0.25) is 0 Å². The molecule has 0 aliphatic carbocycles. The van der Waals surface area contributed by atoms with Crippen LogP contribution < -0.4 is 5.32 Å². The van der Waals surface area contributed by atoms with Crippen LogP contribution in [-0.4, -0.2) is 26.6 Å². The third-order valence-electron chi connectivity index (χ3n) is 9.46. The number of fused-ring (bicyclic) bond motifs is 5. The van der Waals surface area contributed by atoms with Gasteiger partial charge in [-0.05, 0) is 46.0 Å². The molecule has 51 heavy (non-hydrogen) atoms. The van der Waals surface area contributed by atoms with Gasteiger partial charge in [-0.25, -0.2) is 15.0 Å². The number of furan rings is 1. The predicted octanol–water partition coefficient (Wildman–Crippen LogP) is 9.91. The molecule has 7 nitrogen and oxygen atoms in total. The number of benzene rings is 5. The fourth-order valence-electron chi connectivity index (χ4n) is 6.98. The minimum absolute atomic E-state index is 0.282. The molecule has 240 valence electrons. The Labute approximate surface area is 292 Å². The lowest BCUT2D eigenvalue weighted by Gasteiger charge is -2.24. The molecule has 1 unspecified atom stereocenters. The van der Waals surface area contributed by atoms with Crippen LogP contribution in [0.25, 0.3) is 66.3 Å². The molecular weight excluding hydrogens is 629 g/mol. The van der Waals surface area contributed by atoms with Gasteiger partial charge in [-0.15, -0.1) is 0 Å². The second kappa shape index (κ2) is 11.9. The molecule has 1 N–H and O–H groups in total. The average Bonchev–Trinajstić information content (AvgIpc) is 3.58. The van der Waals surface area contributed by atoms with E-state index in [0.717, 1.165) is 83.2 Å². The lowest BCUT2D eigenvalue weighted by molar-refractivity contribution is 0.668. The monoisotopic (exact) mass is 656 g/mol. The van der Waals surface area contributed by atoms with Gasteiger partial charge in [0.15, 0.2) is 11.4 Å². The van der Waals surface area contributed by atoms with Gasteiger partial charge in [0.1, 0.15) is 23.1 Å². The van der Waals surface area contributed by atoms with Crippen LogP contribution in [0.2, 0.25) is 0 Å². The van der Waals surface area contributed by atoms with E-state index in [0.29, 0.717) is 11.4 Å². The SMILES string of the molecule is c1ccc(C2=NC(c3ccc(-c4cc5oc6ccc(-c7nccc8ccccc78)nc6c5cn4)c4ccccc34)=NC(c3ccccc3)N2)cc1. The van der Waals surface area contributed by atoms with Crippen molar-refractivity contribution in [1.82, 2.24) is 20.3 Å². The zero-order valence-corrected chi connectivity index (χ0v) is 27.2.